The highest BCUT2D eigenvalue weighted by atomic mass is 19.3. The Labute approximate surface area is 253 Å². The fraction of sp³-hybridized carbons (Fsp3) is 0.424. The number of hydrogen-bond donors (Lipinski definition) is 2. The van der Waals surface area contributed by atoms with Crippen LogP contribution in [0.2, 0.25) is 0 Å². The Morgan fingerprint density at radius 3 is 2.66 bits per heavy atom. The summed E-state index contributed by atoms with van der Waals surface area (Å²) in [5.74, 6) is -3.33. The summed E-state index contributed by atoms with van der Waals surface area (Å²) in [4.78, 5) is 12.9. The molecule has 3 aromatic carbocycles. The van der Waals surface area contributed by atoms with Gasteiger partial charge in [0, 0.05) is 48.6 Å². The normalized spacial score (nSPS) is 25.5. The number of nitrogens with one attached hydrogen (secondary N) is 1. The number of rotatable bonds is 7. The van der Waals surface area contributed by atoms with Crippen molar-refractivity contribution in [2.75, 3.05) is 45.2 Å². The van der Waals surface area contributed by atoms with E-state index in [1.807, 2.05) is 6.07 Å². The summed E-state index contributed by atoms with van der Waals surface area (Å²) < 4.78 is 51.9. The molecule has 228 valence electrons. The maximum Gasteiger partial charge on any atom is 0.319 e. The minimum atomic E-state index is -2.89. The number of phenols is 1. The molecule has 3 heterocycles. The first-order valence-corrected chi connectivity index (χ1v) is 14.8. The number of halogens is 3. The van der Waals surface area contributed by atoms with E-state index in [9.17, 15) is 19.1 Å². The van der Waals surface area contributed by atoms with E-state index in [1.165, 1.54) is 6.07 Å². The zero-order valence-electron chi connectivity index (χ0n) is 24.8. The van der Waals surface area contributed by atoms with Crippen LogP contribution in [0.15, 0.2) is 42.5 Å². The average Bonchev–Trinajstić information content (AvgIpc) is 3.38. The van der Waals surface area contributed by atoms with Crippen molar-refractivity contribution in [3.63, 3.8) is 0 Å². The fourth-order valence-electron chi connectivity index (χ4n) is 7.22. The molecule has 0 radical (unpaired) electrons. The molecule has 1 aromatic heterocycles. The van der Waals surface area contributed by atoms with Crippen molar-refractivity contribution in [2.45, 2.75) is 43.7 Å². The topological polar surface area (TPSA) is 97.5 Å². The average molecular weight is 603 g/mol. The molecule has 11 heteroatoms. The van der Waals surface area contributed by atoms with Gasteiger partial charge in [-0.2, -0.15) is 15.2 Å². The Kier molecular flexibility index (Phi) is 6.47. The van der Waals surface area contributed by atoms with Crippen molar-refractivity contribution in [3.05, 3.63) is 53.8 Å². The molecule has 2 bridgehead atoms. The molecule has 2 N–H and O–H groups in total. The summed E-state index contributed by atoms with van der Waals surface area (Å²) in [6.45, 7) is 3.11. The van der Waals surface area contributed by atoms with Gasteiger partial charge in [0.15, 0.2) is 5.82 Å². The van der Waals surface area contributed by atoms with Crippen LogP contribution < -0.4 is 15.0 Å². The number of benzene rings is 3. The van der Waals surface area contributed by atoms with Crippen molar-refractivity contribution in [3.8, 4) is 29.0 Å². The largest absolute Gasteiger partial charge is 0.508 e. The van der Waals surface area contributed by atoms with Gasteiger partial charge in [-0.1, -0.05) is 24.3 Å². The summed E-state index contributed by atoms with van der Waals surface area (Å²) in [6.07, 6.45) is 1.63. The molecule has 7 rings (SSSR count). The second kappa shape index (κ2) is 9.94. The number of nitriles is 1. The van der Waals surface area contributed by atoms with E-state index >= 15 is 4.39 Å². The van der Waals surface area contributed by atoms with Crippen LogP contribution >= 0.6 is 0 Å². The molecule has 1 unspecified atom stereocenters. The van der Waals surface area contributed by atoms with Crippen LogP contribution in [0.4, 0.5) is 19.0 Å². The molecule has 0 spiro atoms. The highest BCUT2D eigenvalue weighted by molar-refractivity contribution is 6.03. The lowest BCUT2D eigenvalue weighted by Gasteiger charge is -2.40. The molecule has 3 atom stereocenters. The van der Waals surface area contributed by atoms with E-state index in [0.29, 0.717) is 40.6 Å². The third-order valence-electron chi connectivity index (χ3n) is 9.31. The van der Waals surface area contributed by atoms with Crippen molar-refractivity contribution < 1.29 is 23.0 Å². The monoisotopic (exact) mass is 602 g/mol. The number of piperazine rings is 1. The Hall–Kier alpha value is -4.14. The van der Waals surface area contributed by atoms with Crippen molar-refractivity contribution >= 4 is 27.5 Å². The van der Waals surface area contributed by atoms with Gasteiger partial charge in [-0.25, -0.2) is 13.2 Å². The molecular weight excluding hydrogens is 569 g/mol. The van der Waals surface area contributed by atoms with Gasteiger partial charge in [-0.3, -0.25) is 0 Å². The van der Waals surface area contributed by atoms with Gasteiger partial charge in [-0.05, 0) is 68.4 Å². The van der Waals surface area contributed by atoms with Gasteiger partial charge in [0.2, 0.25) is 0 Å². The number of aromatic nitrogens is 2. The molecule has 2 saturated heterocycles. The zero-order chi connectivity index (χ0) is 31.0. The zero-order valence-corrected chi connectivity index (χ0v) is 24.8. The Balaban J connectivity index is 1.41. The Morgan fingerprint density at radius 2 is 1.95 bits per heavy atom. The summed E-state index contributed by atoms with van der Waals surface area (Å²) in [6, 6.07) is 14.0. The van der Waals surface area contributed by atoms with Crippen LogP contribution in [0, 0.1) is 22.6 Å². The summed E-state index contributed by atoms with van der Waals surface area (Å²) in [5.41, 5.74) is -1.24. The van der Waals surface area contributed by atoms with E-state index in [0.717, 1.165) is 12.8 Å². The molecule has 44 heavy (non-hydrogen) atoms. The third kappa shape index (κ3) is 4.68. The van der Waals surface area contributed by atoms with E-state index in [-0.39, 0.29) is 59.6 Å². The molecular formula is C33H33F3N6O2. The summed E-state index contributed by atoms with van der Waals surface area (Å²) in [7, 11) is 3.46. The standard InChI is InChI=1S/C33H33F3N6O2/c1-31-9-8-21(40-31)14-42(16-31)29-25-11-20(13-37)26(24-12-22(43)10-19-6-4-5-7-23(19)24)27(34)28(25)38-30(39-29)44-18-32(17-41(2)3)15-33(32,35)36/h4-7,10-12,21,40,43H,8-9,14-18H2,1-3H3/t21?,31-,32+/m0/s1. The van der Waals surface area contributed by atoms with Gasteiger partial charge in [-0.15, -0.1) is 0 Å². The minimum Gasteiger partial charge on any atom is -0.508 e. The second-order valence-electron chi connectivity index (χ2n) is 13.2. The lowest BCUT2D eigenvalue weighted by molar-refractivity contribution is 0.0288. The molecule has 4 aromatic rings. The number of ether oxygens (including phenoxy) is 1. The smallest absolute Gasteiger partial charge is 0.319 e. The Morgan fingerprint density at radius 1 is 1.18 bits per heavy atom. The maximum absolute atomic E-state index is 16.9. The third-order valence-corrected chi connectivity index (χ3v) is 9.31. The van der Waals surface area contributed by atoms with Crippen LogP contribution in [0.25, 0.3) is 32.8 Å². The van der Waals surface area contributed by atoms with Gasteiger partial charge in [0.1, 0.15) is 23.7 Å². The molecule has 1 saturated carbocycles. The molecule has 3 fully saturated rings. The van der Waals surface area contributed by atoms with Crippen LogP contribution in [0.3, 0.4) is 0 Å². The van der Waals surface area contributed by atoms with E-state index in [1.54, 1.807) is 49.3 Å². The van der Waals surface area contributed by atoms with E-state index in [2.05, 4.69) is 33.2 Å². The maximum atomic E-state index is 16.9. The van der Waals surface area contributed by atoms with Gasteiger partial charge in [0.25, 0.3) is 5.92 Å². The molecule has 2 aliphatic heterocycles. The first kappa shape index (κ1) is 28.6. The lowest BCUT2D eigenvalue weighted by Crippen LogP contribution is -2.58. The van der Waals surface area contributed by atoms with Gasteiger partial charge < -0.3 is 25.0 Å². The predicted molar refractivity (Wildman–Crippen MR) is 162 cm³/mol. The van der Waals surface area contributed by atoms with Crippen molar-refractivity contribution in [1.29, 1.82) is 5.26 Å². The SMILES string of the molecule is CN(C)C[C@@]1(COc2nc(N3CC4CC[C@@](C)(C3)N4)c3cc(C#N)c(-c4cc(O)cc5ccccc45)c(F)c3n2)CC1(F)F. The minimum absolute atomic E-state index is 0.00662. The fourth-order valence-corrected chi connectivity index (χ4v) is 7.22. The number of aromatic hydroxyl groups is 1. The van der Waals surface area contributed by atoms with E-state index in [4.69, 9.17) is 4.74 Å². The highest BCUT2D eigenvalue weighted by Gasteiger charge is 2.71. The molecule has 8 nitrogen and oxygen atoms in total. The van der Waals surface area contributed by atoms with Gasteiger partial charge >= 0.3 is 6.01 Å². The lowest BCUT2D eigenvalue weighted by atomic mass is 9.92. The molecule has 0 amide bonds. The number of alkyl halides is 2. The second-order valence-corrected chi connectivity index (χ2v) is 13.2. The van der Waals surface area contributed by atoms with Crippen LogP contribution in [-0.2, 0) is 0 Å². The first-order valence-electron chi connectivity index (χ1n) is 14.8. The summed E-state index contributed by atoms with van der Waals surface area (Å²) >= 11 is 0. The molecule has 3 aliphatic rings. The number of hydrogen-bond acceptors (Lipinski definition) is 8. The van der Waals surface area contributed by atoms with Gasteiger partial charge in [0.05, 0.1) is 17.0 Å². The number of fused-ring (bicyclic) bond motifs is 4. The van der Waals surface area contributed by atoms with Crippen LogP contribution in [0.5, 0.6) is 11.8 Å². The number of phenolic OH excluding ortho intramolecular Hbond substituents is 1. The molecule has 1 aliphatic carbocycles. The van der Waals surface area contributed by atoms with Crippen molar-refractivity contribution in [1.82, 2.24) is 20.2 Å². The summed E-state index contributed by atoms with van der Waals surface area (Å²) in [5, 5.41) is 26.1. The van der Waals surface area contributed by atoms with Crippen molar-refractivity contribution in [2.24, 2.45) is 5.41 Å². The quantitative estimate of drug-likeness (QED) is 0.288. The van der Waals surface area contributed by atoms with Crippen LogP contribution in [-0.4, -0.2) is 77.8 Å². The Bertz CT molecular complexity index is 1860. The number of anilines is 1. The van der Waals surface area contributed by atoms with Crippen LogP contribution in [0.1, 0.15) is 31.7 Å². The van der Waals surface area contributed by atoms with E-state index < -0.39 is 17.2 Å². The first-order chi connectivity index (χ1) is 20.9. The number of nitrogens with zero attached hydrogens (tertiary/aromatic N) is 5. The predicted octanol–water partition coefficient (Wildman–Crippen LogP) is 5.46. The highest BCUT2D eigenvalue weighted by Crippen LogP contribution is 2.60.